The van der Waals surface area contributed by atoms with Gasteiger partial charge in [0.05, 0.1) is 13.2 Å². The minimum Gasteiger partial charge on any atom is -0.496 e. The molecule has 0 bridgehead atoms. The summed E-state index contributed by atoms with van der Waals surface area (Å²) in [5, 5.41) is 3.07. The van der Waals surface area contributed by atoms with Gasteiger partial charge in [-0.3, -0.25) is 4.79 Å². The average molecular weight is 340 g/mol. The molecule has 0 saturated carbocycles. The Bertz CT molecular complexity index is 683. The van der Waals surface area contributed by atoms with E-state index in [0.29, 0.717) is 6.42 Å². The van der Waals surface area contributed by atoms with E-state index in [1.807, 2.05) is 37.2 Å². The maximum absolute atomic E-state index is 12.3. The number of rotatable bonds is 8. The third kappa shape index (κ3) is 4.83. The van der Waals surface area contributed by atoms with Gasteiger partial charge in [0.15, 0.2) is 0 Å². The van der Waals surface area contributed by atoms with Gasteiger partial charge in [-0.15, -0.1) is 0 Å². The molecule has 0 fully saturated rings. The quantitative estimate of drug-likeness (QED) is 0.742. The van der Waals surface area contributed by atoms with Gasteiger partial charge in [0.2, 0.25) is 5.91 Å². The summed E-state index contributed by atoms with van der Waals surface area (Å²) in [5.74, 6) is 1.04. The maximum atomic E-state index is 12.3. The molecule has 0 heterocycles. The zero-order valence-corrected chi connectivity index (χ0v) is 15.6. The summed E-state index contributed by atoms with van der Waals surface area (Å²) in [7, 11) is 5.46. The Hall–Kier alpha value is -2.33. The van der Waals surface area contributed by atoms with Gasteiger partial charge in [-0.05, 0) is 44.1 Å². The first kappa shape index (κ1) is 19.0. The van der Waals surface area contributed by atoms with Gasteiger partial charge in [-0.2, -0.15) is 0 Å². The van der Waals surface area contributed by atoms with Crippen LogP contribution in [0.25, 0.3) is 11.1 Å². The second kappa shape index (κ2) is 9.23. The van der Waals surface area contributed by atoms with Crippen LogP contribution in [0.1, 0.15) is 31.4 Å². The largest absolute Gasteiger partial charge is 0.496 e. The van der Waals surface area contributed by atoms with Crippen LogP contribution in [0.15, 0.2) is 48.5 Å². The summed E-state index contributed by atoms with van der Waals surface area (Å²) in [4.78, 5) is 14.1. The number of nitrogens with zero attached hydrogens (tertiary/aromatic N) is 1. The molecule has 2 aromatic carbocycles. The summed E-state index contributed by atoms with van der Waals surface area (Å²) in [6.07, 6.45) is 1.43. The molecule has 0 aromatic heterocycles. The molecule has 134 valence electrons. The second-order valence-corrected chi connectivity index (χ2v) is 6.21. The molecule has 0 aliphatic rings. The fourth-order valence-electron chi connectivity index (χ4n) is 2.86. The fraction of sp³-hybridized carbons (Fsp3) is 0.381. The predicted molar refractivity (Wildman–Crippen MR) is 103 cm³/mol. The van der Waals surface area contributed by atoms with Gasteiger partial charge in [-0.25, -0.2) is 0 Å². The topological polar surface area (TPSA) is 41.6 Å². The number of hydrogen-bond donors (Lipinski definition) is 1. The number of benzene rings is 2. The number of amides is 1. The van der Waals surface area contributed by atoms with Crippen LogP contribution in [0, 0.1) is 0 Å². The van der Waals surface area contributed by atoms with E-state index in [1.165, 1.54) is 0 Å². The predicted octanol–water partition coefficient (Wildman–Crippen LogP) is 3.88. The van der Waals surface area contributed by atoms with Gasteiger partial charge >= 0.3 is 0 Å². The van der Waals surface area contributed by atoms with Gasteiger partial charge < -0.3 is 15.0 Å². The summed E-state index contributed by atoms with van der Waals surface area (Å²) in [6, 6.07) is 16.4. The summed E-state index contributed by atoms with van der Waals surface area (Å²) in [6.45, 7) is 2.93. The van der Waals surface area contributed by atoms with Crippen molar-refractivity contribution in [3.63, 3.8) is 0 Å². The number of carbonyl (C=O) groups excluding carboxylic acids is 1. The van der Waals surface area contributed by atoms with E-state index in [9.17, 15) is 4.79 Å². The maximum Gasteiger partial charge on any atom is 0.222 e. The monoisotopic (exact) mass is 340 g/mol. The van der Waals surface area contributed by atoms with E-state index >= 15 is 0 Å². The Labute approximate surface area is 150 Å². The Balaban J connectivity index is 2.09. The van der Waals surface area contributed by atoms with Gasteiger partial charge in [-0.1, -0.05) is 42.5 Å². The van der Waals surface area contributed by atoms with Crippen LogP contribution in [0.5, 0.6) is 5.75 Å². The molecular weight excluding hydrogens is 312 g/mol. The lowest BCUT2D eigenvalue weighted by atomic mass is 10.00. The van der Waals surface area contributed by atoms with Crippen LogP contribution in [0.3, 0.4) is 0 Å². The van der Waals surface area contributed by atoms with Crippen molar-refractivity contribution in [3.05, 3.63) is 54.1 Å². The zero-order chi connectivity index (χ0) is 18.2. The van der Waals surface area contributed by atoms with Crippen LogP contribution in [-0.4, -0.2) is 38.6 Å². The first-order valence-electron chi connectivity index (χ1n) is 8.72. The highest BCUT2D eigenvalue weighted by molar-refractivity contribution is 5.76. The number of ether oxygens (including phenoxy) is 1. The molecule has 0 aliphatic heterocycles. The Morgan fingerprint density at radius 1 is 1.16 bits per heavy atom. The Morgan fingerprint density at radius 3 is 2.48 bits per heavy atom. The van der Waals surface area contributed by atoms with E-state index in [0.717, 1.165) is 35.4 Å². The number of nitrogens with one attached hydrogen (secondary N) is 1. The van der Waals surface area contributed by atoms with Crippen LogP contribution in [-0.2, 0) is 4.79 Å². The molecule has 0 radical (unpaired) electrons. The van der Waals surface area contributed by atoms with Crippen LogP contribution in [0.4, 0.5) is 0 Å². The van der Waals surface area contributed by atoms with E-state index < -0.39 is 0 Å². The summed E-state index contributed by atoms with van der Waals surface area (Å²) < 4.78 is 5.44. The smallest absolute Gasteiger partial charge is 0.222 e. The molecule has 2 rings (SSSR count). The third-order valence-corrected chi connectivity index (χ3v) is 4.60. The van der Waals surface area contributed by atoms with E-state index in [-0.39, 0.29) is 11.9 Å². The lowest BCUT2D eigenvalue weighted by Gasteiger charge is -2.25. The highest BCUT2D eigenvalue weighted by Crippen LogP contribution is 2.31. The molecule has 1 amide bonds. The first-order chi connectivity index (χ1) is 12.1. The molecule has 4 nitrogen and oxygen atoms in total. The van der Waals surface area contributed by atoms with Crippen molar-refractivity contribution in [2.75, 3.05) is 27.7 Å². The number of carbonyl (C=O) groups is 1. The van der Waals surface area contributed by atoms with Crippen LogP contribution >= 0.6 is 0 Å². The van der Waals surface area contributed by atoms with Crippen molar-refractivity contribution >= 4 is 5.91 Å². The Kier molecular flexibility index (Phi) is 7.02. The molecular formula is C21H28N2O2. The number of para-hydroxylation sites is 1. The van der Waals surface area contributed by atoms with Crippen molar-refractivity contribution in [2.45, 2.75) is 25.8 Å². The fourth-order valence-corrected chi connectivity index (χ4v) is 2.86. The summed E-state index contributed by atoms with van der Waals surface area (Å²) >= 11 is 0. The molecule has 1 unspecified atom stereocenters. The molecule has 0 spiro atoms. The van der Waals surface area contributed by atoms with Crippen molar-refractivity contribution in [2.24, 2.45) is 0 Å². The Morgan fingerprint density at radius 2 is 1.84 bits per heavy atom. The molecule has 1 N–H and O–H groups in total. The number of hydrogen-bond acceptors (Lipinski definition) is 3. The lowest BCUT2D eigenvalue weighted by Crippen LogP contribution is -2.30. The zero-order valence-electron chi connectivity index (χ0n) is 15.6. The van der Waals surface area contributed by atoms with Crippen LogP contribution < -0.4 is 10.1 Å². The second-order valence-electron chi connectivity index (χ2n) is 6.21. The minimum atomic E-state index is 0.0498. The SMILES string of the molecule is CNCCCC(=O)N(C)C(C)c1ccc(-c2ccccc2OC)cc1. The highest BCUT2D eigenvalue weighted by Gasteiger charge is 2.17. The minimum absolute atomic E-state index is 0.0498. The molecule has 4 heteroatoms. The van der Waals surface area contributed by atoms with Gasteiger partial charge in [0.25, 0.3) is 0 Å². The van der Waals surface area contributed by atoms with Crippen molar-refractivity contribution in [1.82, 2.24) is 10.2 Å². The normalized spacial score (nSPS) is 11.8. The average Bonchev–Trinajstić information content (AvgIpc) is 2.67. The third-order valence-electron chi connectivity index (χ3n) is 4.60. The van der Waals surface area contributed by atoms with Crippen molar-refractivity contribution in [3.8, 4) is 16.9 Å². The van der Waals surface area contributed by atoms with E-state index in [1.54, 1.807) is 7.11 Å². The van der Waals surface area contributed by atoms with Gasteiger partial charge in [0.1, 0.15) is 5.75 Å². The van der Waals surface area contributed by atoms with Crippen LogP contribution in [0.2, 0.25) is 0 Å². The van der Waals surface area contributed by atoms with Crippen molar-refractivity contribution < 1.29 is 9.53 Å². The lowest BCUT2D eigenvalue weighted by molar-refractivity contribution is -0.131. The molecule has 25 heavy (non-hydrogen) atoms. The molecule has 0 saturated heterocycles. The molecule has 0 aliphatic carbocycles. The van der Waals surface area contributed by atoms with E-state index in [4.69, 9.17) is 4.74 Å². The van der Waals surface area contributed by atoms with Gasteiger partial charge in [0, 0.05) is 19.0 Å². The standard InChI is InChI=1S/C21H28N2O2/c1-16(23(3)21(24)10-7-15-22-2)17-11-13-18(14-12-17)19-8-5-6-9-20(19)25-4/h5-6,8-9,11-14,16,22H,7,10,15H2,1-4H3. The summed E-state index contributed by atoms with van der Waals surface area (Å²) in [5.41, 5.74) is 3.31. The van der Waals surface area contributed by atoms with E-state index in [2.05, 4.69) is 42.6 Å². The van der Waals surface area contributed by atoms with Crippen molar-refractivity contribution in [1.29, 1.82) is 0 Å². The number of methoxy groups -OCH3 is 1. The first-order valence-corrected chi connectivity index (χ1v) is 8.72. The molecule has 2 aromatic rings. The molecule has 1 atom stereocenters. The highest BCUT2D eigenvalue weighted by atomic mass is 16.5.